The summed E-state index contributed by atoms with van der Waals surface area (Å²) < 4.78 is 38.7. The Morgan fingerprint density at radius 1 is 1.23 bits per heavy atom. The number of aliphatic imine (C=N–C) groups is 1. The Labute approximate surface area is 202 Å². The third kappa shape index (κ3) is 9.35. The Kier molecular flexibility index (Phi) is 12.4. The SMILES string of the molecule is CCNC(=NCC(c1ccc(OC)c(OC)c1)N1CCOCC1)NCCS(N)(=O)=O.I. The molecule has 0 amide bonds. The van der Waals surface area contributed by atoms with Crippen LogP contribution in [-0.2, 0) is 14.8 Å². The van der Waals surface area contributed by atoms with Crippen LogP contribution in [0.5, 0.6) is 11.5 Å². The highest BCUT2D eigenvalue weighted by Crippen LogP contribution is 2.32. The Hall–Kier alpha value is -1.35. The van der Waals surface area contributed by atoms with Gasteiger partial charge in [0.25, 0.3) is 0 Å². The molecule has 0 saturated carbocycles. The monoisotopic (exact) mass is 571 g/mol. The topological polar surface area (TPSA) is 128 Å². The zero-order valence-corrected chi connectivity index (χ0v) is 21.4. The minimum absolute atomic E-state index is 0. The molecule has 1 saturated heterocycles. The summed E-state index contributed by atoms with van der Waals surface area (Å²) in [6.45, 7) is 6.18. The molecule has 1 heterocycles. The predicted molar refractivity (Wildman–Crippen MR) is 132 cm³/mol. The third-order valence-electron chi connectivity index (χ3n) is 4.72. The molecule has 31 heavy (non-hydrogen) atoms. The Bertz CT molecular complexity index is 803. The van der Waals surface area contributed by atoms with Crippen molar-refractivity contribution in [3.63, 3.8) is 0 Å². The first kappa shape index (κ1) is 27.7. The second kappa shape index (κ2) is 13.9. The van der Waals surface area contributed by atoms with Crippen LogP contribution in [0.1, 0.15) is 18.5 Å². The van der Waals surface area contributed by atoms with Crippen molar-refractivity contribution in [3.05, 3.63) is 23.8 Å². The standard InChI is InChI=1S/C19H33N5O5S.HI/c1-4-21-19(22-7-12-30(20,25)26)23-14-16(24-8-10-29-11-9-24)15-5-6-17(27-2)18(13-15)28-3;/h5-6,13,16H,4,7-12,14H2,1-3H3,(H2,20,25,26)(H2,21,22,23);1H. The van der Waals surface area contributed by atoms with Crippen molar-refractivity contribution in [1.29, 1.82) is 0 Å². The molecule has 1 unspecified atom stereocenters. The van der Waals surface area contributed by atoms with E-state index in [0.29, 0.717) is 43.8 Å². The normalized spacial score (nSPS) is 16.2. The van der Waals surface area contributed by atoms with E-state index in [1.807, 2.05) is 25.1 Å². The summed E-state index contributed by atoms with van der Waals surface area (Å²) in [5, 5.41) is 11.2. The van der Waals surface area contributed by atoms with Crippen molar-refractivity contribution in [3.8, 4) is 11.5 Å². The van der Waals surface area contributed by atoms with Gasteiger partial charge in [-0.3, -0.25) is 9.89 Å². The summed E-state index contributed by atoms with van der Waals surface area (Å²) in [7, 11) is -0.312. The van der Waals surface area contributed by atoms with Crippen molar-refractivity contribution in [1.82, 2.24) is 15.5 Å². The van der Waals surface area contributed by atoms with Crippen LogP contribution >= 0.6 is 24.0 Å². The molecule has 2 rings (SSSR count). The van der Waals surface area contributed by atoms with Crippen LogP contribution in [-0.4, -0.2) is 85.2 Å². The quantitative estimate of drug-likeness (QED) is 0.211. The van der Waals surface area contributed by atoms with Gasteiger partial charge in [0.1, 0.15) is 0 Å². The van der Waals surface area contributed by atoms with Gasteiger partial charge >= 0.3 is 0 Å². The maximum atomic E-state index is 11.2. The average Bonchev–Trinajstić information content (AvgIpc) is 2.73. The third-order valence-corrected chi connectivity index (χ3v) is 5.50. The predicted octanol–water partition coefficient (Wildman–Crippen LogP) is 0.539. The van der Waals surface area contributed by atoms with E-state index >= 15 is 0 Å². The number of morpholine rings is 1. The number of nitrogens with one attached hydrogen (secondary N) is 2. The van der Waals surface area contributed by atoms with Gasteiger partial charge in [0.05, 0.1) is 45.8 Å². The molecular weight excluding hydrogens is 537 g/mol. The molecule has 1 atom stereocenters. The van der Waals surface area contributed by atoms with Crippen molar-refractivity contribution >= 4 is 40.0 Å². The van der Waals surface area contributed by atoms with Crippen LogP contribution < -0.4 is 25.2 Å². The highest BCUT2D eigenvalue weighted by molar-refractivity contribution is 14.0. The Morgan fingerprint density at radius 2 is 1.90 bits per heavy atom. The van der Waals surface area contributed by atoms with Gasteiger partial charge in [0, 0.05) is 26.2 Å². The van der Waals surface area contributed by atoms with Gasteiger partial charge in [-0.05, 0) is 24.6 Å². The van der Waals surface area contributed by atoms with Crippen LogP contribution in [0.2, 0.25) is 0 Å². The number of halogens is 1. The van der Waals surface area contributed by atoms with E-state index in [1.165, 1.54) is 0 Å². The van der Waals surface area contributed by atoms with Gasteiger partial charge in [-0.15, -0.1) is 24.0 Å². The van der Waals surface area contributed by atoms with Crippen LogP contribution in [0.25, 0.3) is 0 Å². The van der Waals surface area contributed by atoms with Gasteiger partial charge < -0.3 is 24.8 Å². The maximum absolute atomic E-state index is 11.2. The van der Waals surface area contributed by atoms with Gasteiger partial charge in [-0.1, -0.05) is 6.07 Å². The number of sulfonamides is 1. The van der Waals surface area contributed by atoms with E-state index in [1.54, 1.807) is 14.2 Å². The number of benzene rings is 1. The van der Waals surface area contributed by atoms with E-state index in [9.17, 15) is 8.42 Å². The number of hydrogen-bond donors (Lipinski definition) is 3. The highest BCUT2D eigenvalue weighted by Gasteiger charge is 2.24. The number of hydrogen-bond acceptors (Lipinski definition) is 7. The number of guanidine groups is 1. The van der Waals surface area contributed by atoms with Crippen molar-refractivity contribution < 1.29 is 22.6 Å². The average molecular weight is 571 g/mol. The number of rotatable bonds is 10. The number of nitrogens with two attached hydrogens (primary N) is 1. The molecule has 1 aromatic carbocycles. The van der Waals surface area contributed by atoms with E-state index in [2.05, 4.69) is 20.5 Å². The first-order valence-electron chi connectivity index (χ1n) is 9.94. The highest BCUT2D eigenvalue weighted by atomic mass is 127. The minimum Gasteiger partial charge on any atom is -0.493 e. The summed E-state index contributed by atoms with van der Waals surface area (Å²) in [5.74, 6) is 1.71. The molecule has 1 aliphatic heterocycles. The molecule has 12 heteroatoms. The zero-order chi connectivity index (χ0) is 22.0. The number of nitrogens with zero attached hydrogens (tertiary/aromatic N) is 2. The van der Waals surface area contributed by atoms with Gasteiger partial charge in [0.15, 0.2) is 17.5 Å². The molecule has 0 aromatic heterocycles. The van der Waals surface area contributed by atoms with Gasteiger partial charge in [0.2, 0.25) is 10.0 Å². The largest absolute Gasteiger partial charge is 0.493 e. The first-order chi connectivity index (χ1) is 14.4. The van der Waals surface area contributed by atoms with E-state index in [-0.39, 0.29) is 42.3 Å². The second-order valence-electron chi connectivity index (χ2n) is 6.79. The summed E-state index contributed by atoms with van der Waals surface area (Å²) in [6, 6.07) is 5.87. The zero-order valence-electron chi connectivity index (χ0n) is 18.3. The van der Waals surface area contributed by atoms with Crippen LogP contribution in [0.4, 0.5) is 0 Å². The van der Waals surface area contributed by atoms with Crippen LogP contribution in [0.3, 0.4) is 0 Å². The Balaban J connectivity index is 0.00000480. The van der Waals surface area contributed by atoms with Crippen molar-refractivity contribution in [2.75, 3.05) is 65.9 Å². The van der Waals surface area contributed by atoms with E-state index in [0.717, 1.165) is 18.7 Å². The fraction of sp³-hybridized carbons (Fsp3) is 0.632. The molecule has 1 fully saturated rings. The molecule has 4 N–H and O–H groups in total. The van der Waals surface area contributed by atoms with Crippen LogP contribution in [0, 0.1) is 0 Å². The maximum Gasteiger partial charge on any atom is 0.210 e. The van der Waals surface area contributed by atoms with E-state index in [4.69, 9.17) is 19.3 Å². The van der Waals surface area contributed by atoms with Crippen LogP contribution in [0.15, 0.2) is 23.2 Å². The molecule has 1 aliphatic rings. The number of methoxy groups -OCH3 is 2. The van der Waals surface area contributed by atoms with Crippen molar-refractivity contribution in [2.45, 2.75) is 13.0 Å². The summed E-state index contributed by atoms with van der Waals surface area (Å²) in [4.78, 5) is 7.01. The van der Waals surface area contributed by atoms with E-state index < -0.39 is 10.0 Å². The summed E-state index contributed by atoms with van der Waals surface area (Å²) in [6.07, 6.45) is 0. The smallest absolute Gasteiger partial charge is 0.210 e. The lowest BCUT2D eigenvalue weighted by atomic mass is 10.0. The minimum atomic E-state index is -3.53. The molecule has 178 valence electrons. The fourth-order valence-electron chi connectivity index (χ4n) is 3.21. The molecule has 10 nitrogen and oxygen atoms in total. The van der Waals surface area contributed by atoms with Gasteiger partial charge in [-0.2, -0.15) is 0 Å². The summed E-state index contributed by atoms with van der Waals surface area (Å²) >= 11 is 0. The molecular formula is C19H34IN5O5S. The fourth-order valence-corrected chi connectivity index (χ4v) is 3.60. The second-order valence-corrected chi connectivity index (χ2v) is 8.53. The number of ether oxygens (including phenoxy) is 3. The van der Waals surface area contributed by atoms with Crippen molar-refractivity contribution in [2.24, 2.45) is 10.1 Å². The summed E-state index contributed by atoms with van der Waals surface area (Å²) in [5.41, 5.74) is 1.05. The Morgan fingerprint density at radius 3 is 2.48 bits per heavy atom. The lowest BCUT2D eigenvalue weighted by Gasteiger charge is -2.34. The molecule has 0 radical (unpaired) electrons. The number of primary sulfonamides is 1. The first-order valence-corrected chi connectivity index (χ1v) is 11.7. The van der Waals surface area contributed by atoms with Gasteiger partial charge in [-0.25, -0.2) is 13.6 Å². The molecule has 1 aromatic rings. The molecule has 0 spiro atoms. The lowest BCUT2D eigenvalue weighted by molar-refractivity contribution is 0.0179. The molecule has 0 aliphatic carbocycles. The lowest BCUT2D eigenvalue weighted by Crippen LogP contribution is -2.42. The molecule has 0 bridgehead atoms.